The molecule has 11 aromatic heterocycles. The zero-order valence-corrected chi connectivity index (χ0v) is 29.5. The minimum absolute atomic E-state index is 1.69. The van der Waals surface area contributed by atoms with Gasteiger partial charge >= 0.3 is 0 Å². The molecule has 11 heterocycles. The molecule has 55 heavy (non-hydrogen) atoms. The molecule has 0 aliphatic heterocycles. The Kier molecular flexibility index (Phi) is 33.4. The molecule has 22 nitrogen and oxygen atoms in total. The van der Waals surface area contributed by atoms with Crippen LogP contribution >= 0.6 is 0 Å². The summed E-state index contributed by atoms with van der Waals surface area (Å²) in [4.78, 5) is 0. The molecule has 11 aromatic rings. The molecule has 0 fully saturated rings. The van der Waals surface area contributed by atoms with Gasteiger partial charge in [0.2, 0.25) is 0 Å². The smallest absolute Gasteiger partial charge is 0.0487 e. The fraction of sp³-hybridized carbons (Fsp3) is 0. The van der Waals surface area contributed by atoms with Gasteiger partial charge in [0.15, 0.2) is 0 Å². The van der Waals surface area contributed by atoms with Crippen molar-refractivity contribution in [1.29, 1.82) is 0 Å². The van der Waals surface area contributed by atoms with E-state index in [1.807, 2.05) is 66.7 Å². The second kappa shape index (κ2) is 41.5. The Morgan fingerprint density at radius 1 is 0.145 bits per heavy atom. The van der Waals surface area contributed by atoms with Crippen molar-refractivity contribution in [3.8, 4) is 0 Å². The van der Waals surface area contributed by atoms with E-state index in [1.54, 1.807) is 136 Å². The van der Waals surface area contributed by atoms with Gasteiger partial charge in [-0.3, -0.25) is 56.1 Å². The standard InChI is InChI=1S/11C3H4N2/c11*1-2-4-5-3-1/h11*1-3H,(H,4,5). The van der Waals surface area contributed by atoms with Gasteiger partial charge in [0.05, 0.1) is 0 Å². The molecule has 0 bridgehead atoms. The predicted molar refractivity (Wildman–Crippen MR) is 204 cm³/mol. The van der Waals surface area contributed by atoms with E-state index in [1.165, 1.54) is 0 Å². The summed E-state index contributed by atoms with van der Waals surface area (Å²) >= 11 is 0. The molecule has 0 saturated heterocycles. The fourth-order valence-corrected chi connectivity index (χ4v) is 2.37. The van der Waals surface area contributed by atoms with Gasteiger partial charge in [-0.05, 0) is 66.7 Å². The van der Waals surface area contributed by atoms with Crippen molar-refractivity contribution in [2.45, 2.75) is 0 Å². The first kappa shape index (κ1) is 44.3. The van der Waals surface area contributed by atoms with Gasteiger partial charge in [-0.1, -0.05) is 0 Å². The molecular formula is C33H44N22. The molecule has 11 rings (SSSR count). The summed E-state index contributed by atoms with van der Waals surface area (Å²) < 4.78 is 0. The van der Waals surface area contributed by atoms with Crippen LogP contribution in [0.5, 0.6) is 0 Å². The summed E-state index contributed by atoms with van der Waals surface area (Å²) in [5.74, 6) is 0. The molecule has 0 aliphatic carbocycles. The first-order valence-electron chi connectivity index (χ1n) is 15.8. The largest absolute Gasteiger partial charge is 0.286 e. The number of nitrogens with zero attached hydrogens (tertiary/aromatic N) is 11. The van der Waals surface area contributed by atoms with E-state index in [0.29, 0.717) is 0 Å². The number of nitrogens with one attached hydrogen (secondary N) is 11. The molecule has 0 atom stereocenters. The summed E-state index contributed by atoms with van der Waals surface area (Å²) in [6.07, 6.45) is 38.0. The van der Waals surface area contributed by atoms with Crippen LogP contribution in [0.1, 0.15) is 0 Å². The van der Waals surface area contributed by atoms with Crippen molar-refractivity contribution >= 4 is 0 Å². The summed E-state index contributed by atoms with van der Waals surface area (Å²) in [5.41, 5.74) is 0. The Labute approximate surface area is 314 Å². The molecule has 0 spiro atoms. The lowest BCUT2D eigenvalue weighted by Gasteiger charge is -1.49. The number of rotatable bonds is 0. The van der Waals surface area contributed by atoms with Gasteiger partial charge in [0.25, 0.3) is 0 Å². The molecule has 286 valence electrons. The Morgan fingerprint density at radius 2 is 0.236 bits per heavy atom. The van der Waals surface area contributed by atoms with Crippen LogP contribution in [0.3, 0.4) is 0 Å². The lowest BCUT2D eigenvalue weighted by molar-refractivity contribution is 1.09. The van der Waals surface area contributed by atoms with Crippen molar-refractivity contribution in [1.82, 2.24) is 112 Å². The first-order valence-corrected chi connectivity index (χ1v) is 15.8. The first-order chi connectivity index (χ1) is 27.5. The van der Waals surface area contributed by atoms with E-state index in [9.17, 15) is 0 Å². The molecular weight excluding hydrogens is 705 g/mol. The summed E-state index contributed by atoms with van der Waals surface area (Å²) in [7, 11) is 0. The van der Waals surface area contributed by atoms with Crippen LogP contribution in [-0.4, -0.2) is 112 Å². The van der Waals surface area contributed by atoms with E-state index in [2.05, 4.69) is 112 Å². The fourth-order valence-electron chi connectivity index (χ4n) is 2.37. The second-order valence-electron chi connectivity index (χ2n) is 8.43. The molecule has 0 aliphatic rings. The molecule has 0 radical (unpaired) electrons. The minimum atomic E-state index is 1.69. The highest BCUT2D eigenvalue weighted by atomic mass is 15.1. The molecule has 0 aromatic carbocycles. The van der Waals surface area contributed by atoms with E-state index in [0.717, 1.165) is 0 Å². The predicted octanol–water partition coefficient (Wildman–Crippen LogP) is 4.51. The third-order valence-corrected chi connectivity index (χ3v) is 4.46. The van der Waals surface area contributed by atoms with E-state index in [-0.39, 0.29) is 0 Å². The van der Waals surface area contributed by atoms with Gasteiger partial charge in [-0.25, -0.2) is 0 Å². The van der Waals surface area contributed by atoms with Crippen molar-refractivity contribution in [2.24, 2.45) is 0 Å². The summed E-state index contributed by atoms with van der Waals surface area (Å²) in [6, 6.07) is 20.2. The summed E-state index contributed by atoms with van der Waals surface area (Å²) in [5, 5.41) is 68.3. The number of hydrogen-bond donors (Lipinski definition) is 11. The van der Waals surface area contributed by atoms with Crippen LogP contribution in [-0.2, 0) is 0 Å². The number of H-pyrrole nitrogens is 11. The van der Waals surface area contributed by atoms with Crippen LogP contribution in [0.25, 0.3) is 0 Å². The number of aromatic amines is 11. The van der Waals surface area contributed by atoms with Crippen LogP contribution in [0, 0.1) is 0 Å². The third-order valence-electron chi connectivity index (χ3n) is 4.46. The van der Waals surface area contributed by atoms with Crippen LogP contribution in [0.15, 0.2) is 203 Å². The highest BCUT2D eigenvalue weighted by Crippen LogP contribution is 1.69. The SMILES string of the molecule is c1cn[nH]c1.c1cn[nH]c1.c1cn[nH]c1.c1cn[nH]c1.c1cn[nH]c1.c1cn[nH]c1.c1cn[nH]c1.c1cn[nH]c1.c1cn[nH]c1.c1cn[nH]c1.c1cn[nH]c1. The average Bonchev–Trinajstić information content (AvgIpc) is 4.11. The molecule has 11 N–H and O–H groups in total. The van der Waals surface area contributed by atoms with E-state index < -0.39 is 0 Å². The zero-order chi connectivity index (χ0) is 38.9. The van der Waals surface area contributed by atoms with E-state index >= 15 is 0 Å². The topological polar surface area (TPSA) is 315 Å². The van der Waals surface area contributed by atoms with Gasteiger partial charge in [0, 0.05) is 136 Å². The van der Waals surface area contributed by atoms with Crippen molar-refractivity contribution in [2.75, 3.05) is 0 Å². The van der Waals surface area contributed by atoms with Gasteiger partial charge < -0.3 is 0 Å². The number of aromatic nitrogens is 22. The van der Waals surface area contributed by atoms with Crippen molar-refractivity contribution < 1.29 is 0 Å². The Balaban J connectivity index is 0.000000302. The summed E-state index contributed by atoms with van der Waals surface area (Å²) in [6.45, 7) is 0. The normalized spacial score (nSPS) is 8.00. The van der Waals surface area contributed by atoms with Crippen LogP contribution in [0.2, 0.25) is 0 Å². The maximum absolute atomic E-state index is 3.60. The second-order valence-corrected chi connectivity index (χ2v) is 8.43. The van der Waals surface area contributed by atoms with Crippen LogP contribution < -0.4 is 0 Å². The lowest BCUT2D eigenvalue weighted by Crippen LogP contribution is -1.53. The third kappa shape index (κ3) is 39.6. The highest BCUT2D eigenvalue weighted by molar-refractivity contribution is 4.76. The molecule has 0 saturated carbocycles. The minimum Gasteiger partial charge on any atom is -0.286 e. The Bertz CT molecular complexity index is 1170. The highest BCUT2D eigenvalue weighted by Gasteiger charge is 1.61. The van der Waals surface area contributed by atoms with Crippen molar-refractivity contribution in [3.05, 3.63) is 203 Å². The molecule has 0 unspecified atom stereocenters. The van der Waals surface area contributed by atoms with Crippen LogP contribution in [0.4, 0.5) is 0 Å². The van der Waals surface area contributed by atoms with Gasteiger partial charge in [-0.2, -0.15) is 56.1 Å². The van der Waals surface area contributed by atoms with Crippen molar-refractivity contribution in [3.63, 3.8) is 0 Å². The maximum Gasteiger partial charge on any atom is 0.0487 e. The maximum atomic E-state index is 3.60. The average molecular weight is 749 g/mol. The monoisotopic (exact) mass is 748 g/mol. The Morgan fingerprint density at radius 3 is 0.255 bits per heavy atom. The zero-order valence-electron chi connectivity index (χ0n) is 29.5. The number of hydrogen-bond acceptors (Lipinski definition) is 11. The van der Waals surface area contributed by atoms with Gasteiger partial charge in [-0.15, -0.1) is 0 Å². The van der Waals surface area contributed by atoms with E-state index in [4.69, 9.17) is 0 Å². The lowest BCUT2D eigenvalue weighted by atomic mass is 10.8. The molecule has 22 heteroatoms. The van der Waals surface area contributed by atoms with Gasteiger partial charge in [0.1, 0.15) is 0 Å². The Hall–Kier alpha value is -8.69. The molecule has 0 amide bonds. The quantitative estimate of drug-likeness (QED) is 0.102.